The lowest BCUT2D eigenvalue weighted by atomic mass is 9.97. The number of amides is 1. The molecule has 6 heteroatoms. The standard InChI is InChI=1S/C15H18BrNO4/c1-2-21-15(20)10-4-3-7-17(9-10)14(19)12-6-5-11(16)8-13(12)18/h5-6,8,10,18H,2-4,7,9H2,1H3/t10-/m1/s1. The van der Waals surface area contributed by atoms with Crippen molar-refractivity contribution in [3.63, 3.8) is 0 Å². The minimum Gasteiger partial charge on any atom is -0.507 e. The Hall–Kier alpha value is -1.56. The molecule has 0 saturated carbocycles. The maximum absolute atomic E-state index is 12.5. The summed E-state index contributed by atoms with van der Waals surface area (Å²) in [5.41, 5.74) is 0.253. The molecule has 0 aromatic heterocycles. The molecule has 21 heavy (non-hydrogen) atoms. The number of halogens is 1. The van der Waals surface area contributed by atoms with E-state index >= 15 is 0 Å². The number of nitrogens with zero attached hydrogens (tertiary/aromatic N) is 1. The van der Waals surface area contributed by atoms with Crippen molar-refractivity contribution in [2.75, 3.05) is 19.7 Å². The Bertz CT molecular complexity index is 546. The summed E-state index contributed by atoms with van der Waals surface area (Å²) in [5, 5.41) is 9.88. The summed E-state index contributed by atoms with van der Waals surface area (Å²) in [5.74, 6) is -0.850. The van der Waals surface area contributed by atoms with E-state index in [-0.39, 0.29) is 29.1 Å². The predicted octanol–water partition coefficient (Wildman–Crippen LogP) is 2.57. The second kappa shape index (κ2) is 6.93. The first-order valence-corrected chi connectivity index (χ1v) is 7.76. The monoisotopic (exact) mass is 355 g/mol. The van der Waals surface area contributed by atoms with Crippen molar-refractivity contribution < 1.29 is 19.4 Å². The fourth-order valence-corrected chi connectivity index (χ4v) is 2.82. The van der Waals surface area contributed by atoms with E-state index in [0.29, 0.717) is 24.2 Å². The second-order valence-electron chi connectivity index (χ2n) is 5.00. The number of hydrogen-bond donors (Lipinski definition) is 1. The molecule has 1 aromatic carbocycles. The molecule has 1 fully saturated rings. The Morgan fingerprint density at radius 1 is 1.48 bits per heavy atom. The molecule has 5 nitrogen and oxygen atoms in total. The lowest BCUT2D eigenvalue weighted by Crippen LogP contribution is -2.42. The van der Waals surface area contributed by atoms with Gasteiger partial charge in [0.2, 0.25) is 0 Å². The molecular formula is C15H18BrNO4. The number of carbonyl (C=O) groups excluding carboxylic acids is 2. The average molecular weight is 356 g/mol. The molecule has 1 atom stereocenters. The van der Waals surface area contributed by atoms with E-state index in [1.807, 2.05) is 0 Å². The summed E-state index contributed by atoms with van der Waals surface area (Å²) in [6, 6.07) is 4.77. The largest absolute Gasteiger partial charge is 0.507 e. The molecule has 1 amide bonds. The Morgan fingerprint density at radius 2 is 2.24 bits per heavy atom. The number of phenols is 1. The van der Waals surface area contributed by atoms with Crippen molar-refractivity contribution in [1.29, 1.82) is 0 Å². The van der Waals surface area contributed by atoms with Crippen molar-refractivity contribution >= 4 is 27.8 Å². The number of ether oxygens (including phenoxy) is 1. The van der Waals surface area contributed by atoms with Gasteiger partial charge in [0, 0.05) is 17.6 Å². The maximum atomic E-state index is 12.5. The predicted molar refractivity (Wildman–Crippen MR) is 81.1 cm³/mol. The van der Waals surface area contributed by atoms with Gasteiger partial charge in [-0.15, -0.1) is 0 Å². The van der Waals surface area contributed by atoms with Gasteiger partial charge in [0.05, 0.1) is 18.1 Å². The molecule has 0 radical (unpaired) electrons. The van der Waals surface area contributed by atoms with Gasteiger partial charge in [0.25, 0.3) is 5.91 Å². The Morgan fingerprint density at radius 3 is 2.90 bits per heavy atom. The number of piperidine rings is 1. The van der Waals surface area contributed by atoms with Crippen LogP contribution in [-0.2, 0) is 9.53 Å². The van der Waals surface area contributed by atoms with Crippen LogP contribution in [-0.4, -0.2) is 41.6 Å². The van der Waals surface area contributed by atoms with Crippen molar-refractivity contribution in [2.24, 2.45) is 5.92 Å². The summed E-state index contributed by atoms with van der Waals surface area (Å²) < 4.78 is 5.73. The third-order valence-corrected chi connectivity index (χ3v) is 4.01. The van der Waals surface area contributed by atoms with Gasteiger partial charge in [-0.2, -0.15) is 0 Å². The lowest BCUT2D eigenvalue weighted by molar-refractivity contribution is -0.149. The molecule has 0 unspecified atom stereocenters. The van der Waals surface area contributed by atoms with Gasteiger partial charge in [0.1, 0.15) is 5.75 Å². The molecule has 1 aromatic rings. The Labute approximate surface area is 132 Å². The van der Waals surface area contributed by atoms with E-state index in [1.54, 1.807) is 24.0 Å². The van der Waals surface area contributed by atoms with Crippen molar-refractivity contribution in [1.82, 2.24) is 4.90 Å². The third kappa shape index (κ3) is 3.75. The van der Waals surface area contributed by atoms with E-state index in [0.717, 1.165) is 12.8 Å². The summed E-state index contributed by atoms with van der Waals surface area (Å²) in [6.45, 7) is 3.04. The second-order valence-corrected chi connectivity index (χ2v) is 5.92. The van der Waals surface area contributed by atoms with E-state index in [2.05, 4.69) is 15.9 Å². The van der Waals surface area contributed by atoms with Crippen molar-refractivity contribution in [2.45, 2.75) is 19.8 Å². The van der Waals surface area contributed by atoms with Crippen LogP contribution in [0.4, 0.5) is 0 Å². The van der Waals surface area contributed by atoms with Crippen molar-refractivity contribution in [3.8, 4) is 5.75 Å². The molecule has 1 aliphatic rings. The zero-order valence-electron chi connectivity index (χ0n) is 11.8. The molecule has 0 spiro atoms. The van der Waals surface area contributed by atoms with Gasteiger partial charge < -0.3 is 14.7 Å². The summed E-state index contributed by atoms with van der Waals surface area (Å²) >= 11 is 3.24. The topological polar surface area (TPSA) is 66.8 Å². The number of esters is 1. The first-order chi connectivity index (χ1) is 10.0. The van der Waals surface area contributed by atoms with Crippen LogP contribution in [0.5, 0.6) is 5.75 Å². The van der Waals surface area contributed by atoms with Crippen LogP contribution in [0.3, 0.4) is 0 Å². The van der Waals surface area contributed by atoms with Gasteiger partial charge in [0.15, 0.2) is 0 Å². The van der Waals surface area contributed by atoms with E-state index in [1.165, 1.54) is 6.07 Å². The molecule has 1 N–H and O–H groups in total. The zero-order valence-corrected chi connectivity index (χ0v) is 13.4. The van der Waals surface area contributed by atoms with Crippen LogP contribution < -0.4 is 0 Å². The van der Waals surface area contributed by atoms with Crippen LogP contribution in [0.25, 0.3) is 0 Å². The number of phenolic OH excluding ortho intramolecular Hbond substituents is 1. The van der Waals surface area contributed by atoms with Gasteiger partial charge in [-0.1, -0.05) is 15.9 Å². The zero-order chi connectivity index (χ0) is 15.4. The number of hydrogen-bond acceptors (Lipinski definition) is 4. The number of carbonyl (C=O) groups is 2. The van der Waals surface area contributed by atoms with Gasteiger partial charge in [-0.05, 0) is 38.0 Å². The first kappa shape index (κ1) is 15.8. The first-order valence-electron chi connectivity index (χ1n) is 6.97. The van der Waals surface area contributed by atoms with Gasteiger partial charge in [-0.25, -0.2) is 0 Å². The molecule has 1 aliphatic heterocycles. The fraction of sp³-hybridized carbons (Fsp3) is 0.467. The summed E-state index contributed by atoms with van der Waals surface area (Å²) in [6.07, 6.45) is 1.49. The number of benzene rings is 1. The van der Waals surface area contributed by atoms with Gasteiger partial charge in [-0.3, -0.25) is 9.59 Å². The molecular weight excluding hydrogens is 338 g/mol. The number of likely N-dealkylation sites (tertiary alicyclic amines) is 1. The highest BCUT2D eigenvalue weighted by atomic mass is 79.9. The number of rotatable bonds is 3. The highest BCUT2D eigenvalue weighted by Gasteiger charge is 2.30. The van der Waals surface area contributed by atoms with Crippen LogP contribution in [0.2, 0.25) is 0 Å². The third-order valence-electron chi connectivity index (χ3n) is 3.52. The molecule has 114 valence electrons. The fourth-order valence-electron chi connectivity index (χ4n) is 2.47. The Balaban J connectivity index is 2.10. The number of aromatic hydroxyl groups is 1. The van der Waals surface area contributed by atoms with E-state index < -0.39 is 0 Å². The SMILES string of the molecule is CCOC(=O)[C@@H]1CCCN(C(=O)c2ccc(Br)cc2O)C1. The quantitative estimate of drug-likeness (QED) is 0.846. The smallest absolute Gasteiger partial charge is 0.310 e. The summed E-state index contributed by atoms with van der Waals surface area (Å²) in [4.78, 5) is 25.9. The lowest BCUT2D eigenvalue weighted by Gasteiger charge is -2.31. The van der Waals surface area contributed by atoms with Crippen LogP contribution >= 0.6 is 15.9 Å². The Kier molecular flexibility index (Phi) is 5.22. The maximum Gasteiger partial charge on any atom is 0.310 e. The minimum absolute atomic E-state index is 0.0624. The van der Waals surface area contributed by atoms with Crippen molar-refractivity contribution in [3.05, 3.63) is 28.2 Å². The van der Waals surface area contributed by atoms with Crippen LogP contribution in [0.1, 0.15) is 30.1 Å². The summed E-state index contributed by atoms with van der Waals surface area (Å²) in [7, 11) is 0. The molecule has 2 rings (SSSR count). The molecule has 0 aliphatic carbocycles. The van der Waals surface area contributed by atoms with E-state index in [4.69, 9.17) is 4.74 Å². The normalized spacial score (nSPS) is 18.4. The molecule has 1 saturated heterocycles. The highest BCUT2D eigenvalue weighted by Crippen LogP contribution is 2.26. The van der Waals surface area contributed by atoms with E-state index in [9.17, 15) is 14.7 Å². The highest BCUT2D eigenvalue weighted by molar-refractivity contribution is 9.10. The minimum atomic E-state index is -0.278. The van der Waals surface area contributed by atoms with Crippen LogP contribution in [0.15, 0.2) is 22.7 Å². The molecule has 0 bridgehead atoms. The van der Waals surface area contributed by atoms with Gasteiger partial charge >= 0.3 is 5.97 Å². The average Bonchev–Trinajstić information content (AvgIpc) is 2.47. The van der Waals surface area contributed by atoms with Crippen LogP contribution in [0, 0.1) is 5.92 Å². The molecule has 1 heterocycles.